The van der Waals surface area contributed by atoms with Crippen molar-refractivity contribution in [1.82, 2.24) is 4.98 Å². The van der Waals surface area contributed by atoms with Crippen LogP contribution in [0.3, 0.4) is 0 Å². The number of rotatable bonds is 7. The Hall–Kier alpha value is -3.46. The molecule has 0 bridgehead atoms. The number of carbonyl (C=O) groups is 1. The minimum atomic E-state index is -3.48. The number of amides is 1. The van der Waals surface area contributed by atoms with Crippen LogP contribution in [-0.2, 0) is 12.5 Å². The molecule has 0 saturated carbocycles. The number of alkyl halides is 4. The largest absolute Gasteiger partial charge is 0.487 e. The Morgan fingerprint density at radius 1 is 1.06 bits per heavy atom. The molecular weight excluding hydrogens is 452 g/mol. The average Bonchev–Trinajstić information content (AvgIpc) is 3.14. The van der Waals surface area contributed by atoms with Gasteiger partial charge in [-0.05, 0) is 44.2 Å². The summed E-state index contributed by atoms with van der Waals surface area (Å²) in [7, 11) is 0. The summed E-state index contributed by atoms with van der Waals surface area (Å²) in [5.74, 6) is -3.61. The Kier molecular flexibility index (Phi) is 6.07. The number of carbonyl (C=O) groups excluding carboxylic acids is 1. The van der Waals surface area contributed by atoms with Gasteiger partial charge in [0.1, 0.15) is 18.0 Å². The molecule has 1 aromatic heterocycles. The van der Waals surface area contributed by atoms with Crippen molar-refractivity contribution < 1.29 is 32.2 Å². The van der Waals surface area contributed by atoms with Crippen molar-refractivity contribution in [2.75, 3.05) is 11.5 Å². The van der Waals surface area contributed by atoms with E-state index in [-0.39, 0.29) is 23.8 Å². The Bertz CT molecular complexity index is 1210. The van der Waals surface area contributed by atoms with Gasteiger partial charge in [0.2, 0.25) is 0 Å². The van der Waals surface area contributed by atoms with Gasteiger partial charge in [0.25, 0.3) is 12.3 Å². The van der Waals surface area contributed by atoms with E-state index in [0.29, 0.717) is 28.1 Å². The Morgan fingerprint density at radius 3 is 2.38 bits per heavy atom. The van der Waals surface area contributed by atoms with E-state index in [1.54, 1.807) is 30.3 Å². The highest BCUT2D eigenvalue weighted by Gasteiger charge is 2.47. The second kappa shape index (κ2) is 8.72. The molecule has 34 heavy (non-hydrogen) atoms. The number of ether oxygens (including phenoxy) is 1. The number of hydrogen-bond donors (Lipinski definition) is 1. The lowest BCUT2D eigenvalue weighted by Crippen LogP contribution is -2.40. The molecule has 0 saturated heterocycles. The van der Waals surface area contributed by atoms with Crippen molar-refractivity contribution in [2.45, 2.75) is 38.3 Å². The summed E-state index contributed by atoms with van der Waals surface area (Å²) in [4.78, 5) is 18.9. The van der Waals surface area contributed by atoms with Gasteiger partial charge in [-0.1, -0.05) is 24.3 Å². The van der Waals surface area contributed by atoms with E-state index < -0.39 is 24.6 Å². The third-order valence-corrected chi connectivity index (χ3v) is 5.66. The van der Waals surface area contributed by atoms with Crippen LogP contribution in [-0.4, -0.2) is 34.6 Å². The minimum Gasteiger partial charge on any atom is -0.487 e. The van der Waals surface area contributed by atoms with Gasteiger partial charge in [-0.3, -0.25) is 9.78 Å². The van der Waals surface area contributed by atoms with Gasteiger partial charge in [-0.2, -0.15) is 8.78 Å². The lowest BCUT2D eigenvalue weighted by molar-refractivity contribution is -0.168. The van der Waals surface area contributed by atoms with E-state index in [1.165, 1.54) is 35.4 Å². The molecule has 1 amide bonds. The molecule has 0 aliphatic carbocycles. The first-order valence-corrected chi connectivity index (χ1v) is 10.5. The van der Waals surface area contributed by atoms with Crippen LogP contribution < -0.4 is 9.64 Å². The number of para-hydroxylation sites is 1. The standard InChI is InChI=1S/C25H22F4N2O3/c1-24(2,33)25(28,29)15-7-9-16(10-8-15)31-13-19-17(23(31)32)11-12-30-22(19)18-5-3-4-6-20(18)34-14-21(26)27/h3-12,21,33H,13-14H2,1-2H3. The summed E-state index contributed by atoms with van der Waals surface area (Å²) in [6.45, 7) is 1.39. The van der Waals surface area contributed by atoms with Crippen LogP contribution >= 0.6 is 0 Å². The summed E-state index contributed by atoms with van der Waals surface area (Å²) in [5, 5.41) is 9.80. The zero-order valence-corrected chi connectivity index (χ0v) is 18.4. The second-order valence-electron chi connectivity index (χ2n) is 8.46. The minimum absolute atomic E-state index is 0.113. The van der Waals surface area contributed by atoms with Crippen LogP contribution in [0, 0.1) is 0 Å². The average molecular weight is 474 g/mol. The zero-order valence-electron chi connectivity index (χ0n) is 18.4. The van der Waals surface area contributed by atoms with Crippen molar-refractivity contribution in [2.24, 2.45) is 0 Å². The lowest BCUT2D eigenvalue weighted by atomic mass is 9.93. The van der Waals surface area contributed by atoms with Gasteiger partial charge in [-0.25, -0.2) is 8.78 Å². The molecule has 1 aliphatic rings. The molecule has 0 radical (unpaired) electrons. The zero-order chi connectivity index (χ0) is 24.7. The Labute approximate surface area is 193 Å². The van der Waals surface area contributed by atoms with Gasteiger partial charge >= 0.3 is 5.92 Å². The fraction of sp³-hybridized carbons (Fsp3) is 0.280. The molecule has 2 heterocycles. The predicted molar refractivity (Wildman–Crippen MR) is 118 cm³/mol. The number of halogens is 4. The molecule has 3 aromatic rings. The summed E-state index contributed by atoms with van der Waals surface area (Å²) in [5.41, 5.74) is -0.400. The molecule has 1 N–H and O–H groups in total. The third kappa shape index (κ3) is 4.23. The first-order valence-electron chi connectivity index (χ1n) is 10.5. The molecule has 0 unspecified atom stereocenters. The summed E-state index contributed by atoms with van der Waals surface area (Å²) in [6.07, 6.45) is -1.20. The topological polar surface area (TPSA) is 62.7 Å². The molecular formula is C25H22F4N2O3. The molecule has 178 valence electrons. The fourth-order valence-electron chi connectivity index (χ4n) is 3.81. The van der Waals surface area contributed by atoms with Crippen LogP contribution in [0.2, 0.25) is 0 Å². The SMILES string of the molecule is CC(C)(O)C(F)(F)c1ccc(N2Cc3c(ccnc3-c3ccccc3OCC(F)F)C2=O)cc1. The number of pyridine rings is 1. The smallest absolute Gasteiger partial charge is 0.300 e. The highest BCUT2D eigenvalue weighted by Crippen LogP contribution is 2.41. The highest BCUT2D eigenvalue weighted by atomic mass is 19.3. The van der Waals surface area contributed by atoms with Crippen molar-refractivity contribution in [1.29, 1.82) is 0 Å². The first kappa shape index (κ1) is 23.7. The number of aromatic nitrogens is 1. The van der Waals surface area contributed by atoms with Crippen LogP contribution in [0.25, 0.3) is 11.3 Å². The van der Waals surface area contributed by atoms with E-state index in [1.807, 2.05) is 0 Å². The molecule has 2 aromatic carbocycles. The number of aliphatic hydroxyl groups is 1. The number of nitrogens with zero attached hydrogens (tertiary/aromatic N) is 2. The third-order valence-electron chi connectivity index (χ3n) is 5.66. The fourth-order valence-corrected chi connectivity index (χ4v) is 3.81. The van der Waals surface area contributed by atoms with Crippen LogP contribution in [0.15, 0.2) is 60.8 Å². The van der Waals surface area contributed by atoms with E-state index in [9.17, 15) is 27.5 Å². The van der Waals surface area contributed by atoms with E-state index >= 15 is 0 Å². The molecule has 5 nitrogen and oxygen atoms in total. The van der Waals surface area contributed by atoms with Gasteiger partial charge in [-0.15, -0.1) is 0 Å². The van der Waals surface area contributed by atoms with Gasteiger partial charge in [0.05, 0.1) is 12.2 Å². The maximum Gasteiger partial charge on any atom is 0.300 e. The maximum absolute atomic E-state index is 14.5. The summed E-state index contributed by atoms with van der Waals surface area (Å²) < 4.78 is 59.5. The molecule has 0 spiro atoms. The lowest BCUT2D eigenvalue weighted by Gasteiger charge is -2.29. The van der Waals surface area contributed by atoms with Gasteiger partial charge < -0.3 is 14.7 Å². The second-order valence-corrected chi connectivity index (χ2v) is 8.46. The maximum atomic E-state index is 14.5. The molecule has 0 fully saturated rings. The van der Waals surface area contributed by atoms with E-state index in [0.717, 1.165) is 13.8 Å². The molecule has 9 heteroatoms. The number of hydrogen-bond acceptors (Lipinski definition) is 4. The van der Waals surface area contributed by atoms with Crippen LogP contribution in [0.5, 0.6) is 5.75 Å². The normalized spacial score (nSPS) is 14.0. The Balaban J connectivity index is 1.66. The van der Waals surface area contributed by atoms with Crippen molar-refractivity contribution in [3.63, 3.8) is 0 Å². The van der Waals surface area contributed by atoms with Gasteiger partial charge in [0.15, 0.2) is 0 Å². The van der Waals surface area contributed by atoms with E-state index in [4.69, 9.17) is 4.74 Å². The molecule has 0 atom stereocenters. The molecule has 1 aliphatic heterocycles. The monoisotopic (exact) mass is 474 g/mol. The molecule has 4 rings (SSSR count). The van der Waals surface area contributed by atoms with Crippen molar-refractivity contribution in [3.8, 4) is 17.0 Å². The predicted octanol–water partition coefficient (Wildman–Crippen LogP) is 5.42. The quantitative estimate of drug-likeness (QED) is 0.465. The van der Waals surface area contributed by atoms with Crippen molar-refractivity contribution >= 4 is 11.6 Å². The Morgan fingerprint density at radius 2 is 1.74 bits per heavy atom. The van der Waals surface area contributed by atoms with Crippen molar-refractivity contribution in [3.05, 3.63) is 77.5 Å². The first-order chi connectivity index (χ1) is 16.0. The summed E-state index contributed by atoms with van der Waals surface area (Å²) >= 11 is 0. The van der Waals surface area contributed by atoms with E-state index in [2.05, 4.69) is 4.98 Å². The summed E-state index contributed by atoms with van der Waals surface area (Å²) in [6, 6.07) is 13.3. The van der Waals surface area contributed by atoms with Gasteiger partial charge in [0, 0.05) is 34.1 Å². The number of anilines is 1. The number of benzene rings is 2. The van der Waals surface area contributed by atoms with Crippen LogP contribution in [0.1, 0.15) is 35.3 Å². The number of fused-ring (bicyclic) bond motifs is 1. The van der Waals surface area contributed by atoms with Crippen LogP contribution in [0.4, 0.5) is 23.2 Å². The highest BCUT2D eigenvalue weighted by molar-refractivity contribution is 6.11.